The maximum atomic E-state index is 12.9. The molecular formula is C24H24N2O3. The van der Waals surface area contributed by atoms with Crippen molar-refractivity contribution in [1.82, 2.24) is 5.32 Å². The van der Waals surface area contributed by atoms with E-state index in [0.717, 1.165) is 27.8 Å². The number of nitrogens with zero attached hydrogens (tertiary/aromatic N) is 1. The van der Waals surface area contributed by atoms with E-state index in [4.69, 9.17) is 4.74 Å². The number of para-hydroxylation sites is 1. The third-order valence-corrected chi connectivity index (χ3v) is 5.45. The van der Waals surface area contributed by atoms with Gasteiger partial charge in [-0.15, -0.1) is 0 Å². The average Bonchev–Trinajstić information content (AvgIpc) is 3.15. The summed E-state index contributed by atoms with van der Waals surface area (Å²) >= 11 is 0. The van der Waals surface area contributed by atoms with Gasteiger partial charge in [-0.2, -0.15) is 0 Å². The predicted octanol–water partition coefficient (Wildman–Crippen LogP) is 3.56. The Balaban J connectivity index is 1.38. The van der Waals surface area contributed by atoms with Crippen LogP contribution in [0.5, 0.6) is 5.75 Å². The summed E-state index contributed by atoms with van der Waals surface area (Å²) in [6.07, 6.45) is 1.19. The van der Waals surface area contributed by atoms with E-state index in [2.05, 4.69) is 5.32 Å². The third-order valence-electron chi connectivity index (χ3n) is 5.45. The minimum absolute atomic E-state index is 0.130. The summed E-state index contributed by atoms with van der Waals surface area (Å²) in [5, 5.41) is 5.13. The van der Waals surface area contributed by atoms with Crippen LogP contribution in [0.25, 0.3) is 10.8 Å². The first kappa shape index (κ1) is 19.0. The molecule has 0 radical (unpaired) electrons. The molecule has 1 heterocycles. The van der Waals surface area contributed by atoms with E-state index in [1.54, 1.807) is 12.0 Å². The van der Waals surface area contributed by atoms with Crippen LogP contribution in [0.1, 0.15) is 12.0 Å². The van der Waals surface area contributed by atoms with Gasteiger partial charge in [-0.05, 0) is 47.4 Å². The van der Waals surface area contributed by atoms with Gasteiger partial charge in [0.2, 0.25) is 11.8 Å². The molecular weight excluding hydrogens is 364 g/mol. The highest BCUT2D eigenvalue weighted by molar-refractivity contribution is 6.10. The number of nitrogens with one attached hydrogen (secondary N) is 1. The lowest BCUT2D eigenvalue weighted by atomic mass is 10.1. The molecule has 1 fully saturated rings. The van der Waals surface area contributed by atoms with Crippen molar-refractivity contribution in [3.63, 3.8) is 0 Å². The van der Waals surface area contributed by atoms with Crippen molar-refractivity contribution in [1.29, 1.82) is 0 Å². The first-order valence-corrected chi connectivity index (χ1v) is 9.87. The van der Waals surface area contributed by atoms with Crippen LogP contribution in [0.4, 0.5) is 5.69 Å². The highest BCUT2D eigenvalue weighted by Gasteiger charge is 2.37. The minimum Gasteiger partial charge on any atom is -0.496 e. The number of ether oxygens (including phenoxy) is 1. The van der Waals surface area contributed by atoms with Gasteiger partial charge in [0.15, 0.2) is 0 Å². The monoisotopic (exact) mass is 388 g/mol. The Morgan fingerprint density at radius 1 is 1.07 bits per heavy atom. The van der Waals surface area contributed by atoms with Crippen molar-refractivity contribution < 1.29 is 14.3 Å². The average molecular weight is 388 g/mol. The van der Waals surface area contributed by atoms with Gasteiger partial charge in [-0.3, -0.25) is 9.59 Å². The second-order valence-corrected chi connectivity index (χ2v) is 7.22. The number of hydrogen-bond acceptors (Lipinski definition) is 3. The summed E-state index contributed by atoms with van der Waals surface area (Å²) in [5.74, 6) is -0.149. The van der Waals surface area contributed by atoms with Crippen LogP contribution in [-0.4, -0.2) is 32.0 Å². The van der Waals surface area contributed by atoms with Gasteiger partial charge in [0, 0.05) is 18.8 Å². The van der Waals surface area contributed by atoms with Crippen molar-refractivity contribution in [3.8, 4) is 5.75 Å². The molecule has 1 N–H and O–H groups in total. The zero-order valence-electron chi connectivity index (χ0n) is 16.4. The van der Waals surface area contributed by atoms with E-state index in [0.29, 0.717) is 25.9 Å². The highest BCUT2D eigenvalue weighted by Crippen LogP contribution is 2.28. The van der Waals surface area contributed by atoms with Gasteiger partial charge in [0.1, 0.15) is 11.7 Å². The maximum absolute atomic E-state index is 12.9. The molecule has 3 aromatic rings. The molecule has 0 aliphatic carbocycles. The number of carbonyl (C=O) groups excluding carboxylic acids is 2. The van der Waals surface area contributed by atoms with Crippen LogP contribution >= 0.6 is 0 Å². The molecule has 1 aliphatic heterocycles. The molecule has 0 unspecified atom stereocenters. The Morgan fingerprint density at radius 3 is 2.66 bits per heavy atom. The summed E-state index contributed by atoms with van der Waals surface area (Å²) in [5.41, 5.74) is 1.88. The minimum atomic E-state index is -0.626. The van der Waals surface area contributed by atoms with Gasteiger partial charge in [0.05, 0.1) is 7.11 Å². The molecule has 0 saturated carbocycles. The van der Waals surface area contributed by atoms with E-state index in [1.807, 2.05) is 66.7 Å². The molecule has 3 aromatic carbocycles. The zero-order valence-corrected chi connectivity index (χ0v) is 16.4. The lowest BCUT2D eigenvalue weighted by Gasteiger charge is -2.17. The predicted molar refractivity (Wildman–Crippen MR) is 114 cm³/mol. The number of amides is 2. The van der Waals surface area contributed by atoms with Crippen molar-refractivity contribution in [2.45, 2.75) is 12.8 Å². The van der Waals surface area contributed by atoms with Gasteiger partial charge >= 0.3 is 0 Å². The maximum Gasteiger partial charge on any atom is 0.239 e. The quantitative estimate of drug-likeness (QED) is 0.657. The smallest absolute Gasteiger partial charge is 0.239 e. The molecule has 5 heteroatoms. The Hall–Kier alpha value is -3.34. The number of anilines is 1. The molecule has 29 heavy (non-hydrogen) atoms. The summed E-state index contributed by atoms with van der Waals surface area (Å²) in [6.45, 7) is 1.03. The van der Waals surface area contributed by atoms with Crippen LogP contribution in [0, 0.1) is 5.92 Å². The van der Waals surface area contributed by atoms with E-state index >= 15 is 0 Å². The fraction of sp³-hybridized carbons (Fsp3) is 0.250. The molecule has 5 nitrogen and oxygen atoms in total. The van der Waals surface area contributed by atoms with Crippen LogP contribution in [0.2, 0.25) is 0 Å². The molecule has 1 aliphatic rings. The van der Waals surface area contributed by atoms with Crippen molar-refractivity contribution in [2.75, 3.05) is 25.1 Å². The van der Waals surface area contributed by atoms with Crippen LogP contribution in [0.3, 0.4) is 0 Å². The largest absolute Gasteiger partial charge is 0.496 e. The molecule has 148 valence electrons. The Labute approximate surface area is 170 Å². The van der Waals surface area contributed by atoms with E-state index in [1.165, 1.54) is 0 Å². The van der Waals surface area contributed by atoms with Gasteiger partial charge < -0.3 is 15.0 Å². The number of benzene rings is 3. The molecule has 1 saturated heterocycles. The molecule has 0 aromatic heterocycles. The van der Waals surface area contributed by atoms with Crippen LogP contribution < -0.4 is 15.0 Å². The Kier molecular flexibility index (Phi) is 5.47. The highest BCUT2D eigenvalue weighted by atomic mass is 16.5. The SMILES string of the molecule is COc1ccccc1CCNC(=O)[C@@H]1CCN(c2ccc3ccccc3c2)C1=O. The number of rotatable bonds is 6. The number of hydrogen-bond donors (Lipinski definition) is 1. The zero-order chi connectivity index (χ0) is 20.2. The topological polar surface area (TPSA) is 58.6 Å². The summed E-state index contributed by atoms with van der Waals surface area (Å²) in [6, 6.07) is 21.8. The fourth-order valence-electron chi connectivity index (χ4n) is 3.88. The lowest BCUT2D eigenvalue weighted by Crippen LogP contribution is -2.37. The van der Waals surface area contributed by atoms with E-state index in [9.17, 15) is 9.59 Å². The summed E-state index contributed by atoms with van der Waals surface area (Å²) in [7, 11) is 1.63. The van der Waals surface area contributed by atoms with Crippen LogP contribution in [0.15, 0.2) is 66.7 Å². The van der Waals surface area contributed by atoms with E-state index in [-0.39, 0.29) is 11.8 Å². The van der Waals surface area contributed by atoms with E-state index < -0.39 is 5.92 Å². The number of fused-ring (bicyclic) bond motifs is 1. The third kappa shape index (κ3) is 3.94. The first-order chi connectivity index (χ1) is 14.2. The van der Waals surface area contributed by atoms with Gasteiger partial charge in [0.25, 0.3) is 0 Å². The van der Waals surface area contributed by atoms with Crippen LogP contribution in [-0.2, 0) is 16.0 Å². The van der Waals surface area contributed by atoms with Crippen molar-refractivity contribution in [3.05, 3.63) is 72.3 Å². The number of carbonyl (C=O) groups is 2. The normalized spacial score (nSPS) is 16.2. The Bertz CT molecular complexity index is 1050. The van der Waals surface area contributed by atoms with Crippen molar-refractivity contribution >= 4 is 28.3 Å². The van der Waals surface area contributed by atoms with Gasteiger partial charge in [-0.25, -0.2) is 0 Å². The first-order valence-electron chi connectivity index (χ1n) is 9.87. The summed E-state index contributed by atoms with van der Waals surface area (Å²) < 4.78 is 5.34. The van der Waals surface area contributed by atoms with Gasteiger partial charge in [-0.1, -0.05) is 48.5 Å². The van der Waals surface area contributed by atoms with Crippen molar-refractivity contribution in [2.24, 2.45) is 5.92 Å². The lowest BCUT2D eigenvalue weighted by molar-refractivity contribution is -0.132. The molecule has 0 bridgehead atoms. The second kappa shape index (κ2) is 8.35. The number of methoxy groups -OCH3 is 1. The summed E-state index contributed by atoms with van der Waals surface area (Å²) in [4.78, 5) is 27.2. The Morgan fingerprint density at radius 2 is 1.83 bits per heavy atom. The molecule has 4 rings (SSSR count). The molecule has 0 spiro atoms. The fourth-order valence-corrected chi connectivity index (χ4v) is 3.88. The second-order valence-electron chi connectivity index (χ2n) is 7.22. The molecule has 2 amide bonds. The standard InChI is InChI=1S/C24H24N2O3/c1-29-22-9-5-4-7-18(22)12-14-25-23(27)21-13-15-26(24(21)28)20-11-10-17-6-2-3-8-19(17)16-20/h2-11,16,21H,12-15H2,1H3,(H,25,27)/t21-/m0/s1. The molecule has 1 atom stereocenters.